The fourth-order valence-corrected chi connectivity index (χ4v) is 4.06. The first-order valence-corrected chi connectivity index (χ1v) is 9.37. The van der Waals surface area contributed by atoms with Crippen molar-refractivity contribution in [2.75, 3.05) is 20.6 Å². The van der Waals surface area contributed by atoms with Crippen LogP contribution in [-0.2, 0) is 5.60 Å². The molecule has 2 unspecified atom stereocenters. The van der Waals surface area contributed by atoms with Crippen molar-refractivity contribution in [1.82, 2.24) is 4.90 Å². The first-order chi connectivity index (χ1) is 12.4. The molecule has 1 saturated carbocycles. The van der Waals surface area contributed by atoms with Gasteiger partial charge in [-0.1, -0.05) is 41.9 Å². The molecule has 26 heavy (non-hydrogen) atoms. The van der Waals surface area contributed by atoms with Crippen molar-refractivity contribution >= 4 is 17.7 Å². The van der Waals surface area contributed by atoms with Gasteiger partial charge < -0.3 is 10.0 Å². The molecule has 1 aliphatic carbocycles. The first kappa shape index (κ1) is 19.1. The second-order valence-corrected chi connectivity index (χ2v) is 7.78. The van der Waals surface area contributed by atoms with Gasteiger partial charge in [-0.15, -0.1) is 0 Å². The van der Waals surface area contributed by atoms with Crippen molar-refractivity contribution in [2.24, 2.45) is 5.92 Å². The van der Waals surface area contributed by atoms with Crippen molar-refractivity contribution in [3.8, 4) is 0 Å². The second kappa shape index (κ2) is 7.91. The summed E-state index contributed by atoms with van der Waals surface area (Å²) in [6.45, 7) is 0.770. The largest absolute Gasteiger partial charge is 0.380 e. The number of rotatable bonds is 4. The third-order valence-electron chi connectivity index (χ3n) is 5.16. The van der Waals surface area contributed by atoms with Crippen LogP contribution in [0, 0.1) is 11.7 Å². The molecule has 0 spiro atoms. The zero-order valence-corrected chi connectivity index (χ0v) is 16.0. The highest BCUT2D eigenvalue weighted by Crippen LogP contribution is 2.46. The third-order valence-corrected chi connectivity index (χ3v) is 5.41. The molecule has 0 heterocycles. The molecule has 0 amide bonds. The van der Waals surface area contributed by atoms with E-state index in [1.165, 1.54) is 12.1 Å². The Labute approximate surface area is 159 Å². The Kier molecular flexibility index (Phi) is 5.81. The van der Waals surface area contributed by atoms with Crippen LogP contribution >= 0.6 is 11.6 Å². The lowest BCUT2D eigenvalue weighted by Gasteiger charge is -2.44. The van der Waals surface area contributed by atoms with Crippen molar-refractivity contribution < 1.29 is 9.50 Å². The zero-order valence-electron chi connectivity index (χ0n) is 15.3. The molecular formula is C22H25ClFNO. The van der Waals surface area contributed by atoms with Crippen LogP contribution < -0.4 is 0 Å². The SMILES string of the molecule is CN(C)CC1CCCC(=Cc2ccc(Cl)cc2)C1(O)c1ccc(F)cc1. The van der Waals surface area contributed by atoms with E-state index in [-0.39, 0.29) is 11.7 Å². The van der Waals surface area contributed by atoms with Gasteiger partial charge in [0.2, 0.25) is 0 Å². The minimum atomic E-state index is -1.10. The predicted octanol–water partition coefficient (Wildman–Crippen LogP) is 5.11. The van der Waals surface area contributed by atoms with Crippen LogP contribution in [0.2, 0.25) is 5.02 Å². The fraction of sp³-hybridized carbons (Fsp3) is 0.364. The number of halogens is 2. The number of hydrogen-bond acceptors (Lipinski definition) is 2. The normalized spacial score (nSPS) is 25.0. The number of benzene rings is 2. The summed E-state index contributed by atoms with van der Waals surface area (Å²) in [4.78, 5) is 2.10. The van der Waals surface area contributed by atoms with E-state index in [1.54, 1.807) is 12.1 Å². The van der Waals surface area contributed by atoms with Gasteiger partial charge in [0.05, 0.1) is 0 Å². The highest BCUT2D eigenvalue weighted by atomic mass is 35.5. The summed E-state index contributed by atoms with van der Waals surface area (Å²) >= 11 is 5.99. The summed E-state index contributed by atoms with van der Waals surface area (Å²) in [5.74, 6) is -0.240. The molecule has 2 atom stereocenters. The summed E-state index contributed by atoms with van der Waals surface area (Å²) in [5.41, 5.74) is 1.64. The average molecular weight is 374 g/mol. The topological polar surface area (TPSA) is 23.5 Å². The highest BCUT2D eigenvalue weighted by molar-refractivity contribution is 6.30. The van der Waals surface area contributed by atoms with Gasteiger partial charge in [-0.2, -0.15) is 0 Å². The van der Waals surface area contributed by atoms with E-state index in [0.717, 1.165) is 42.5 Å². The maximum Gasteiger partial charge on any atom is 0.123 e. The van der Waals surface area contributed by atoms with Gasteiger partial charge in [-0.3, -0.25) is 0 Å². The van der Waals surface area contributed by atoms with Crippen LogP contribution in [0.15, 0.2) is 54.1 Å². The molecule has 2 nitrogen and oxygen atoms in total. The lowest BCUT2D eigenvalue weighted by atomic mass is 9.67. The summed E-state index contributed by atoms with van der Waals surface area (Å²) in [5, 5.41) is 12.6. The number of aliphatic hydroxyl groups is 1. The minimum absolute atomic E-state index is 0.0512. The van der Waals surface area contributed by atoms with Crippen LogP contribution in [0.3, 0.4) is 0 Å². The van der Waals surface area contributed by atoms with Gasteiger partial charge in [0, 0.05) is 17.5 Å². The van der Waals surface area contributed by atoms with E-state index in [1.807, 2.05) is 38.4 Å². The molecule has 0 aliphatic heterocycles. The van der Waals surface area contributed by atoms with Crippen LogP contribution in [0.1, 0.15) is 30.4 Å². The van der Waals surface area contributed by atoms with Gasteiger partial charge in [0.1, 0.15) is 11.4 Å². The zero-order chi connectivity index (χ0) is 18.7. The molecule has 1 N–H and O–H groups in total. The van der Waals surface area contributed by atoms with Crippen LogP contribution in [0.4, 0.5) is 4.39 Å². The Morgan fingerprint density at radius 1 is 1.15 bits per heavy atom. The lowest BCUT2D eigenvalue weighted by molar-refractivity contribution is -0.0174. The van der Waals surface area contributed by atoms with Gasteiger partial charge in [-0.05, 0) is 74.3 Å². The Morgan fingerprint density at radius 3 is 2.42 bits per heavy atom. The van der Waals surface area contributed by atoms with Crippen molar-refractivity contribution in [1.29, 1.82) is 0 Å². The van der Waals surface area contributed by atoms with Crippen molar-refractivity contribution in [2.45, 2.75) is 24.9 Å². The molecule has 0 radical (unpaired) electrons. The second-order valence-electron chi connectivity index (χ2n) is 7.35. The monoisotopic (exact) mass is 373 g/mol. The van der Waals surface area contributed by atoms with Crippen LogP contribution in [0.5, 0.6) is 0 Å². The quantitative estimate of drug-likeness (QED) is 0.804. The van der Waals surface area contributed by atoms with E-state index in [9.17, 15) is 9.50 Å². The Bertz CT molecular complexity index is 770. The molecule has 2 aromatic carbocycles. The summed E-state index contributed by atoms with van der Waals surface area (Å²) in [6, 6.07) is 13.9. The molecule has 0 saturated heterocycles. The summed E-state index contributed by atoms with van der Waals surface area (Å²) in [6.07, 6.45) is 4.84. The van der Waals surface area contributed by atoms with E-state index >= 15 is 0 Å². The first-order valence-electron chi connectivity index (χ1n) is 8.99. The highest BCUT2D eigenvalue weighted by Gasteiger charge is 2.44. The van der Waals surface area contributed by atoms with Gasteiger partial charge >= 0.3 is 0 Å². The maximum absolute atomic E-state index is 13.5. The molecule has 138 valence electrons. The molecule has 3 rings (SSSR count). The molecule has 4 heteroatoms. The third kappa shape index (κ3) is 4.01. The summed E-state index contributed by atoms with van der Waals surface area (Å²) in [7, 11) is 4.03. The summed E-state index contributed by atoms with van der Waals surface area (Å²) < 4.78 is 13.5. The van der Waals surface area contributed by atoms with Gasteiger partial charge in [0.25, 0.3) is 0 Å². The molecule has 2 aromatic rings. The lowest BCUT2D eigenvalue weighted by Crippen LogP contribution is -2.44. The number of hydrogen-bond donors (Lipinski definition) is 1. The van der Waals surface area contributed by atoms with Gasteiger partial charge in [0.15, 0.2) is 0 Å². The number of nitrogens with zero attached hydrogens (tertiary/aromatic N) is 1. The standard InChI is InChI=1S/C22H25ClFNO/c1-25(2)15-19-5-3-4-18(14-16-6-10-20(23)11-7-16)22(19,26)17-8-12-21(24)13-9-17/h6-14,19,26H,3-5,15H2,1-2H3. The molecule has 0 aromatic heterocycles. The van der Waals surface area contributed by atoms with Crippen molar-refractivity contribution in [3.05, 3.63) is 76.1 Å². The minimum Gasteiger partial charge on any atom is -0.380 e. The van der Waals surface area contributed by atoms with Gasteiger partial charge in [-0.25, -0.2) is 4.39 Å². The van der Waals surface area contributed by atoms with E-state index < -0.39 is 5.60 Å². The molecular weight excluding hydrogens is 349 g/mol. The Morgan fingerprint density at radius 2 is 1.81 bits per heavy atom. The Hall–Kier alpha value is -1.68. The molecule has 0 bridgehead atoms. The molecule has 1 fully saturated rings. The van der Waals surface area contributed by atoms with E-state index in [0.29, 0.717) is 5.02 Å². The maximum atomic E-state index is 13.5. The van der Waals surface area contributed by atoms with Crippen molar-refractivity contribution in [3.63, 3.8) is 0 Å². The van der Waals surface area contributed by atoms with Crippen LogP contribution in [-0.4, -0.2) is 30.6 Å². The van der Waals surface area contributed by atoms with E-state index in [4.69, 9.17) is 11.6 Å². The average Bonchev–Trinajstić information content (AvgIpc) is 2.60. The van der Waals surface area contributed by atoms with E-state index in [2.05, 4.69) is 11.0 Å². The smallest absolute Gasteiger partial charge is 0.123 e. The van der Waals surface area contributed by atoms with Crippen LogP contribution in [0.25, 0.3) is 6.08 Å². The fourth-order valence-electron chi connectivity index (χ4n) is 3.93. The Balaban J connectivity index is 2.07. The molecule has 1 aliphatic rings. The predicted molar refractivity (Wildman–Crippen MR) is 106 cm³/mol.